The minimum absolute atomic E-state index is 0.529. The highest BCUT2D eigenvalue weighted by atomic mass is 16.5. The largest absolute Gasteiger partial charge is 0.493 e. The predicted molar refractivity (Wildman–Crippen MR) is 76.1 cm³/mol. The first-order chi connectivity index (χ1) is 9.24. The van der Waals surface area contributed by atoms with E-state index >= 15 is 0 Å². The number of ether oxygens (including phenoxy) is 1. The number of hydrogen-bond acceptors (Lipinski definition) is 4. The van der Waals surface area contributed by atoms with Gasteiger partial charge in [-0.2, -0.15) is 0 Å². The Labute approximate surface area is 113 Å². The second kappa shape index (κ2) is 6.73. The van der Waals surface area contributed by atoms with Crippen LogP contribution in [0.25, 0.3) is 0 Å². The summed E-state index contributed by atoms with van der Waals surface area (Å²) in [4.78, 5) is 8.18. The number of benzene rings is 1. The normalized spacial score (nSPS) is 10.5. The Bertz CT molecular complexity index is 500. The van der Waals surface area contributed by atoms with E-state index in [0.29, 0.717) is 12.5 Å². The van der Waals surface area contributed by atoms with Gasteiger partial charge in [-0.15, -0.1) is 0 Å². The van der Waals surface area contributed by atoms with Crippen LogP contribution in [-0.4, -0.2) is 16.6 Å². The number of nitrogens with one attached hydrogen (secondary N) is 1. The zero-order valence-electron chi connectivity index (χ0n) is 11.3. The topological polar surface area (TPSA) is 47.0 Å². The summed E-state index contributed by atoms with van der Waals surface area (Å²) >= 11 is 0. The molecule has 1 heterocycles. The average Bonchev–Trinajstić information content (AvgIpc) is 2.44. The Kier molecular flexibility index (Phi) is 4.72. The maximum Gasteiger partial charge on any atom is 0.144 e. The second-order valence-electron chi connectivity index (χ2n) is 4.80. The van der Waals surface area contributed by atoms with Crippen LogP contribution < -0.4 is 10.1 Å². The number of rotatable bonds is 6. The van der Waals surface area contributed by atoms with Gasteiger partial charge >= 0.3 is 0 Å². The Morgan fingerprint density at radius 3 is 2.89 bits per heavy atom. The lowest BCUT2D eigenvalue weighted by atomic mass is 10.2. The molecule has 0 fully saturated rings. The molecule has 0 bridgehead atoms. The van der Waals surface area contributed by atoms with Crippen molar-refractivity contribution in [2.45, 2.75) is 20.4 Å². The first-order valence-electron chi connectivity index (χ1n) is 6.45. The van der Waals surface area contributed by atoms with Crippen LogP contribution in [0.5, 0.6) is 5.75 Å². The lowest BCUT2D eigenvalue weighted by Crippen LogP contribution is -2.05. The van der Waals surface area contributed by atoms with Gasteiger partial charge in [0.2, 0.25) is 0 Å². The Morgan fingerprint density at radius 2 is 2.16 bits per heavy atom. The Morgan fingerprint density at radius 1 is 1.26 bits per heavy atom. The van der Waals surface area contributed by atoms with E-state index in [0.717, 1.165) is 23.7 Å². The predicted octanol–water partition coefficient (Wildman–Crippen LogP) is 3.12. The number of nitrogens with zero attached hydrogens (tertiary/aromatic N) is 2. The third-order valence-corrected chi connectivity index (χ3v) is 2.52. The summed E-state index contributed by atoms with van der Waals surface area (Å²) < 4.78 is 5.70. The van der Waals surface area contributed by atoms with E-state index in [-0.39, 0.29) is 0 Å². The zero-order valence-corrected chi connectivity index (χ0v) is 11.3. The van der Waals surface area contributed by atoms with Crippen LogP contribution in [0.3, 0.4) is 0 Å². The molecule has 0 aliphatic rings. The van der Waals surface area contributed by atoms with E-state index in [9.17, 15) is 0 Å². The molecule has 0 saturated carbocycles. The van der Waals surface area contributed by atoms with Crippen molar-refractivity contribution in [3.8, 4) is 5.75 Å². The van der Waals surface area contributed by atoms with Gasteiger partial charge in [-0.1, -0.05) is 26.0 Å². The van der Waals surface area contributed by atoms with Crippen molar-refractivity contribution in [3.05, 3.63) is 48.4 Å². The molecule has 2 aromatic rings. The van der Waals surface area contributed by atoms with Gasteiger partial charge in [0.1, 0.15) is 11.6 Å². The molecule has 4 heteroatoms. The molecule has 0 amide bonds. The highest BCUT2D eigenvalue weighted by molar-refractivity contribution is 5.34. The van der Waals surface area contributed by atoms with Gasteiger partial charge in [0.25, 0.3) is 0 Å². The Hall–Kier alpha value is -2.10. The van der Waals surface area contributed by atoms with E-state index in [1.54, 1.807) is 18.6 Å². The highest BCUT2D eigenvalue weighted by Crippen LogP contribution is 2.15. The minimum Gasteiger partial charge on any atom is -0.493 e. The van der Waals surface area contributed by atoms with Crippen molar-refractivity contribution < 1.29 is 4.74 Å². The van der Waals surface area contributed by atoms with Crippen molar-refractivity contribution in [1.82, 2.24) is 9.97 Å². The summed E-state index contributed by atoms with van der Waals surface area (Å²) in [5, 5.41) is 3.22. The van der Waals surface area contributed by atoms with Crippen LogP contribution in [0.1, 0.15) is 19.4 Å². The highest BCUT2D eigenvalue weighted by Gasteiger charge is 2.00. The van der Waals surface area contributed by atoms with Crippen LogP contribution in [0.4, 0.5) is 5.82 Å². The molecule has 1 aromatic carbocycles. The fraction of sp³-hybridized carbons (Fsp3) is 0.333. The first kappa shape index (κ1) is 13.3. The molecule has 0 saturated heterocycles. The molecule has 0 atom stereocenters. The maximum absolute atomic E-state index is 5.70. The second-order valence-corrected chi connectivity index (χ2v) is 4.80. The third-order valence-electron chi connectivity index (χ3n) is 2.52. The lowest BCUT2D eigenvalue weighted by molar-refractivity contribution is 0.271. The van der Waals surface area contributed by atoms with Gasteiger partial charge in [-0.3, -0.25) is 4.98 Å². The summed E-state index contributed by atoms with van der Waals surface area (Å²) in [5.74, 6) is 2.21. The van der Waals surface area contributed by atoms with Gasteiger partial charge in [0.15, 0.2) is 0 Å². The fourth-order valence-corrected chi connectivity index (χ4v) is 1.59. The van der Waals surface area contributed by atoms with E-state index in [2.05, 4.69) is 35.2 Å². The molecule has 19 heavy (non-hydrogen) atoms. The fourth-order valence-electron chi connectivity index (χ4n) is 1.59. The Balaban J connectivity index is 1.91. The van der Waals surface area contributed by atoms with Gasteiger partial charge in [-0.05, 0) is 23.6 Å². The summed E-state index contributed by atoms with van der Waals surface area (Å²) in [6.45, 7) is 5.72. The monoisotopic (exact) mass is 257 g/mol. The first-order valence-corrected chi connectivity index (χ1v) is 6.45. The quantitative estimate of drug-likeness (QED) is 0.863. The minimum atomic E-state index is 0.529. The van der Waals surface area contributed by atoms with Crippen LogP contribution >= 0.6 is 0 Å². The summed E-state index contributed by atoms with van der Waals surface area (Å²) in [7, 11) is 0. The van der Waals surface area contributed by atoms with Crippen molar-refractivity contribution in [2.24, 2.45) is 5.92 Å². The van der Waals surface area contributed by atoms with Gasteiger partial charge in [0.05, 0.1) is 12.8 Å². The molecule has 0 radical (unpaired) electrons. The molecular formula is C15H19N3O. The standard InChI is InChI=1S/C15H19N3O/c1-12(2)11-19-14-5-3-4-13(8-14)9-18-15-10-16-6-7-17-15/h3-8,10,12H,9,11H2,1-2H3,(H,17,18). The van der Waals surface area contributed by atoms with Crippen LogP contribution in [0.2, 0.25) is 0 Å². The molecular weight excluding hydrogens is 238 g/mol. The molecule has 0 aliphatic heterocycles. The van der Waals surface area contributed by atoms with Crippen LogP contribution in [0, 0.1) is 5.92 Å². The smallest absolute Gasteiger partial charge is 0.144 e. The van der Waals surface area contributed by atoms with E-state index in [4.69, 9.17) is 4.74 Å². The lowest BCUT2D eigenvalue weighted by Gasteiger charge is -2.10. The van der Waals surface area contributed by atoms with Crippen LogP contribution in [0.15, 0.2) is 42.9 Å². The summed E-state index contributed by atoms with van der Waals surface area (Å²) in [6, 6.07) is 8.09. The van der Waals surface area contributed by atoms with Crippen molar-refractivity contribution >= 4 is 5.82 Å². The molecule has 0 aliphatic carbocycles. The van der Waals surface area contributed by atoms with Crippen molar-refractivity contribution in [2.75, 3.05) is 11.9 Å². The molecule has 0 spiro atoms. The molecule has 100 valence electrons. The third kappa shape index (κ3) is 4.58. The molecule has 0 unspecified atom stereocenters. The van der Waals surface area contributed by atoms with E-state index in [1.165, 1.54) is 0 Å². The van der Waals surface area contributed by atoms with E-state index in [1.807, 2.05) is 18.2 Å². The van der Waals surface area contributed by atoms with Crippen molar-refractivity contribution in [3.63, 3.8) is 0 Å². The van der Waals surface area contributed by atoms with Gasteiger partial charge in [-0.25, -0.2) is 4.98 Å². The summed E-state index contributed by atoms with van der Waals surface area (Å²) in [5.41, 5.74) is 1.16. The SMILES string of the molecule is CC(C)COc1cccc(CNc2cnccn2)c1. The molecule has 2 rings (SSSR count). The number of anilines is 1. The van der Waals surface area contributed by atoms with Crippen LogP contribution in [-0.2, 0) is 6.54 Å². The van der Waals surface area contributed by atoms with E-state index < -0.39 is 0 Å². The van der Waals surface area contributed by atoms with Crippen molar-refractivity contribution in [1.29, 1.82) is 0 Å². The summed E-state index contributed by atoms with van der Waals surface area (Å²) in [6.07, 6.45) is 5.04. The number of hydrogen-bond donors (Lipinski definition) is 1. The molecule has 4 nitrogen and oxygen atoms in total. The molecule has 1 aromatic heterocycles. The number of aromatic nitrogens is 2. The van der Waals surface area contributed by atoms with Gasteiger partial charge < -0.3 is 10.1 Å². The zero-order chi connectivity index (χ0) is 13.5. The average molecular weight is 257 g/mol. The van der Waals surface area contributed by atoms with Gasteiger partial charge in [0, 0.05) is 18.9 Å². The maximum atomic E-state index is 5.70. The molecule has 1 N–H and O–H groups in total.